The first-order valence-electron chi connectivity index (χ1n) is 16.6. The highest BCUT2D eigenvalue weighted by atomic mass is 16.7. The van der Waals surface area contributed by atoms with Crippen molar-refractivity contribution in [3.8, 4) is 0 Å². The molecular formula is C31H58N2O15. The van der Waals surface area contributed by atoms with Crippen LogP contribution in [0.15, 0.2) is 0 Å². The summed E-state index contributed by atoms with van der Waals surface area (Å²) in [7, 11) is 1.27. The summed E-state index contributed by atoms with van der Waals surface area (Å²) in [6.45, 7) is 2.60. The van der Waals surface area contributed by atoms with Gasteiger partial charge in [-0.05, 0) is 51.9 Å². The van der Waals surface area contributed by atoms with Gasteiger partial charge < -0.3 is 70.4 Å². The number of Topliss-reactive ketones (excluding diaryl/α,β-unsaturated/α-hetero) is 1. The van der Waals surface area contributed by atoms with Gasteiger partial charge in [-0.3, -0.25) is 14.4 Å². The number of aliphatic hydroxyl groups excluding tert-OH is 8. The Morgan fingerprint density at radius 1 is 0.812 bits per heavy atom. The molecule has 1 fully saturated rings. The minimum Gasteiger partial charge on any atom is -0.396 e. The molecule has 1 aliphatic heterocycles. The second kappa shape index (κ2) is 24.3. The molecule has 1 aliphatic rings. The van der Waals surface area contributed by atoms with Crippen LogP contribution in [0.3, 0.4) is 0 Å². The van der Waals surface area contributed by atoms with Gasteiger partial charge in [0.15, 0.2) is 18.4 Å². The van der Waals surface area contributed by atoms with Crippen molar-refractivity contribution in [3.05, 3.63) is 0 Å². The number of ether oxygens (including phenoxy) is 4. The maximum absolute atomic E-state index is 12.4. The van der Waals surface area contributed by atoms with Gasteiger partial charge in [-0.1, -0.05) is 6.92 Å². The van der Waals surface area contributed by atoms with E-state index in [0.717, 1.165) is 0 Å². The number of hydrogen-bond donors (Lipinski definition) is 10. The molecule has 1 heterocycles. The molecule has 0 spiro atoms. The average Bonchev–Trinajstić information content (AvgIpc) is 3.07. The number of rotatable bonds is 26. The topological polar surface area (TPSA) is 274 Å². The number of ketones is 1. The lowest BCUT2D eigenvalue weighted by Gasteiger charge is -2.39. The van der Waals surface area contributed by atoms with Crippen molar-refractivity contribution in [1.82, 2.24) is 10.6 Å². The zero-order valence-electron chi connectivity index (χ0n) is 28.2. The third-order valence-corrected chi connectivity index (χ3v) is 8.16. The molecule has 1 rings (SSSR count). The van der Waals surface area contributed by atoms with E-state index in [1.807, 2.05) is 0 Å². The normalized spacial score (nSPS) is 25.0. The summed E-state index contributed by atoms with van der Waals surface area (Å²) in [5, 5.41) is 83.8. The average molecular weight is 699 g/mol. The van der Waals surface area contributed by atoms with Gasteiger partial charge in [-0.25, -0.2) is 0 Å². The number of hydrogen-bond acceptors (Lipinski definition) is 15. The lowest BCUT2D eigenvalue weighted by molar-refractivity contribution is -0.301. The van der Waals surface area contributed by atoms with Crippen LogP contribution in [0.2, 0.25) is 0 Å². The fourth-order valence-corrected chi connectivity index (χ4v) is 4.93. The second-order valence-electron chi connectivity index (χ2n) is 12.2. The zero-order valence-corrected chi connectivity index (χ0v) is 28.2. The van der Waals surface area contributed by atoms with Gasteiger partial charge in [0.25, 0.3) is 0 Å². The van der Waals surface area contributed by atoms with Crippen LogP contribution in [0.5, 0.6) is 0 Å². The summed E-state index contributed by atoms with van der Waals surface area (Å²) >= 11 is 0. The Hall–Kier alpha value is -1.87. The number of unbranched alkanes of at least 4 members (excludes halogenated alkanes) is 3. The van der Waals surface area contributed by atoms with Crippen molar-refractivity contribution >= 4 is 17.6 Å². The minimum absolute atomic E-state index is 0.0962. The summed E-state index contributed by atoms with van der Waals surface area (Å²) in [5.74, 6) is -1.33. The highest BCUT2D eigenvalue weighted by Crippen LogP contribution is 2.22. The molecule has 10 unspecified atom stereocenters. The van der Waals surface area contributed by atoms with Gasteiger partial charge in [-0.15, -0.1) is 0 Å². The zero-order chi connectivity index (χ0) is 36.2. The van der Waals surface area contributed by atoms with Crippen LogP contribution in [0.25, 0.3) is 0 Å². The number of carbonyl (C=O) groups is 3. The lowest BCUT2D eigenvalue weighted by atomic mass is 9.97. The molecule has 0 aromatic rings. The summed E-state index contributed by atoms with van der Waals surface area (Å²) in [6.07, 6.45) is -8.75. The fourth-order valence-electron chi connectivity index (χ4n) is 4.93. The minimum atomic E-state index is -1.60. The maximum atomic E-state index is 12.4. The first-order valence-corrected chi connectivity index (χ1v) is 16.6. The molecule has 17 nitrogen and oxygen atoms in total. The Balaban J connectivity index is 2.20. The molecule has 0 aromatic heterocycles. The summed E-state index contributed by atoms with van der Waals surface area (Å²) in [5.41, 5.74) is 0. The van der Waals surface area contributed by atoms with E-state index in [4.69, 9.17) is 24.1 Å². The van der Waals surface area contributed by atoms with Crippen LogP contribution >= 0.6 is 0 Å². The Labute approximate surface area is 281 Å². The van der Waals surface area contributed by atoms with E-state index in [2.05, 4.69) is 10.6 Å². The Kier molecular flexibility index (Phi) is 22.4. The lowest BCUT2D eigenvalue weighted by Crippen LogP contribution is -2.59. The number of methoxy groups -OCH3 is 1. The Bertz CT molecular complexity index is 913. The van der Waals surface area contributed by atoms with E-state index in [1.165, 1.54) is 21.0 Å². The predicted molar refractivity (Wildman–Crippen MR) is 168 cm³/mol. The molecule has 11 atom stereocenters. The fraction of sp³-hybridized carbons (Fsp3) is 0.903. The molecule has 0 bridgehead atoms. The molecule has 282 valence electrons. The second-order valence-corrected chi connectivity index (χ2v) is 12.2. The van der Waals surface area contributed by atoms with E-state index < -0.39 is 73.9 Å². The quantitative estimate of drug-likeness (QED) is 0.0323. The number of nitrogens with one attached hydrogen (secondary N) is 2. The molecule has 0 saturated carbocycles. The number of carbonyl (C=O) groups excluding carboxylic acids is 3. The summed E-state index contributed by atoms with van der Waals surface area (Å²) in [4.78, 5) is 36.6. The number of aliphatic hydroxyl groups is 8. The Morgan fingerprint density at radius 3 is 2.06 bits per heavy atom. The van der Waals surface area contributed by atoms with Gasteiger partial charge in [0, 0.05) is 52.2 Å². The summed E-state index contributed by atoms with van der Waals surface area (Å²) < 4.78 is 21.2. The molecule has 17 heteroatoms. The number of amides is 2. The van der Waals surface area contributed by atoms with E-state index in [0.29, 0.717) is 51.5 Å². The van der Waals surface area contributed by atoms with Gasteiger partial charge in [0.1, 0.15) is 36.6 Å². The van der Waals surface area contributed by atoms with E-state index in [1.54, 1.807) is 0 Å². The van der Waals surface area contributed by atoms with Gasteiger partial charge in [0.05, 0.1) is 18.8 Å². The first kappa shape index (κ1) is 44.2. The highest BCUT2D eigenvalue weighted by Gasteiger charge is 2.44. The largest absolute Gasteiger partial charge is 0.396 e. The highest BCUT2D eigenvalue weighted by molar-refractivity contribution is 5.87. The third-order valence-electron chi connectivity index (χ3n) is 8.16. The SMILES string of the molecule is COC(OCCCCC(=O)N[C@H](CCCCNC(=O)CCCCOC1OC(CO)C(O)C(O)C1O)C(C)=O)C(O)C(O)C(O)C(C)CO. The van der Waals surface area contributed by atoms with Crippen LogP contribution in [0.4, 0.5) is 0 Å². The van der Waals surface area contributed by atoms with E-state index >= 15 is 0 Å². The van der Waals surface area contributed by atoms with Crippen molar-refractivity contribution in [2.75, 3.05) is 40.1 Å². The van der Waals surface area contributed by atoms with Crippen molar-refractivity contribution in [3.63, 3.8) is 0 Å². The predicted octanol–water partition coefficient (Wildman–Crippen LogP) is -2.80. The molecule has 0 aliphatic carbocycles. The van der Waals surface area contributed by atoms with E-state index in [9.17, 15) is 50.1 Å². The molecule has 10 N–H and O–H groups in total. The van der Waals surface area contributed by atoms with Crippen molar-refractivity contribution in [1.29, 1.82) is 0 Å². The van der Waals surface area contributed by atoms with Crippen LogP contribution in [0.1, 0.15) is 71.6 Å². The molecule has 0 radical (unpaired) electrons. The van der Waals surface area contributed by atoms with Crippen LogP contribution < -0.4 is 10.6 Å². The molecular weight excluding hydrogens is 640 g/mol. The molecule has 48 heavy (non-hydrogen) atoms. The molecule has 2 amide bonds. The van der Waals surface area contributed by atoms with Gasteiger partial charge in [0.2, 0.25) is 11.8 Å². The van der Waals surface area contributed by atoms with Crippen LogP contribution in [0, 0.1) is 5.92 Å². The Morgan fingerprint density at radius 2 is 1.46 bits per heavy atom. The van der Waals surface area contributed by atoms with Crippen molar-refractivity contribution in [2.45, 2.75) is 133 Å². The monoisotopic (exact) mass is 698 g/mol. The van der Waals surface area contributed by atoms with Crippen LogP contribution in [-0.2, 0) is 33.3 Å². The standard InChI is InChI=1S/C31H58N2O15/c1-18(16-34)24(39)26(41)28(43)30(45-3)46-14-9-6-12-23(38)33-20(19(2)36)10-4-7-13-32-22(37)11-5-8-15-47-31-29(44)27(42)25(40)21(17-35)48-31/h18,20-21,24-31,34-35,39-44H,4-17H2,1-3H3,(H,32,37)(H,33,38)/t18?,20-,21?,24?,25?,26?,27?,28?,29?,30?,31?/m1/s1. The summed E-state index contributed by atoms with van der Waals surface area (Å²) in [6, 6.07) is -0.657. The first-order chi connectivity index (χ1) is 22.8. The van der Waals surface area contributed by atoms with Gasteiger partial charge in [-0.2, -0.15) is 0 Å². The van der Waals surface area contributed by atoms with Crippen molar-refractivity contribution in [2.24, 2.45) is 5.92 Å². The van der Waals surface area contributed by atoms with Crippen molar-refractivity contribution < 1.29 is 74.2 Å². The smallest absolute Gasteiger partial charge is 0.220 e. The van der Waals surface area contributed by atoms with Crippen LogP contribution in [-0.4, -0.2) is 160 Å². The molecule has 1 saturated heterocycles. The molecule has 0 aromatic carbocycles. The maximum Gasteiger partial charge on any atom is 0.220 e. The van der Waals surface area contributed by atoms with Gasteiger partial charge >= 0.3 is 0 Å². The third kappa shape index (κ3) is 15.8. The van der Waals surface area contributed by atoms with E-state index in [-0.39, 0.29) is 50.3 Å².